The third-order valence-corrected chi connectivity index (χ3v) is 0. The van der Waals surface area contributed by atoms with Gasteiger partial charge in [-0.15, -0.1) is 0 Å². The molecule has 0 aliphatic carbocycles. The molecule has 72 valence electrons. The van der Waals surface area contributed by atoms with E-state index in [9.17, 15) is 0 Å². The summed E-state index contributed by atoms with van der Waals surface area (Å²) in [5, 5.41) is 21.5. The van der Waals surface area contributed by atoms with E-state index in [1.54, 1.807) is 0 Å². The van der Waals surface area contributed by atoms with Crippen molar-refractivity contribution < 1.29 is 42.3 Å². The molecule has 0 aromatic carbocycles. The van der Waals surface area contributed by atoms with Gasteiger partial charge in [0.15, 0.2) is 0 Å². The molecule has 0 atom stereocenters. The molecule has 0 aliphatic heterocycles. The van der Waals surface area contributed by atoms with Crippen molar-refractivity contribution in [3.05, 3.63) is 0 Å². The SMILES string of the molecule is O=P(O)(O)O.OB(O)O.[O]=[Al][OH]. The van der Waals surface area contributed by atoms with Gasteiger partial charge in [0.25, 0.3) is 0 Å². The van der Waals surface area contributed by atoms with Crippen LogP contribution in [0.3, 0.4) is 0 Å². The summed E-state index contributed by atoms with van der Waals surface area (Å²) in [6.45, 7) is 0. The molecule has 12 heteroatoms. The van der Waals surface area contributed by atoms with Gasteiger partial charge in [0.1, 0.15) is 0 Å². The van der Waals surface area contributed by atoms with Crippen molar-refractivity contribution >= 4 is 30.6 Å². The summed E-state index contributed by atoms with van der Waals surface area (Å²) in [7, 11) is -6.81. The van der Waals surface area contributed by atoms with Gasteiger partial charge in [-0.2, -0.15) is 0 Å². The van der Waals surface area contributed by atoms with Gasteiger partial charge in [0.05, 0.1) is 0 Å². The van der Waals surface area contributed by atoms with Crippen LogP contribution in [0.2, 0.25) is 0 Å². The molecule has 0 bridgehead atoms. The van der Waals surface area contributed by atoms with E-state index in [0.29, 0.717) is 0 Å². The van der Waals surface area contributed by atoms with Gasteiger partial charge in [0.2, 0.25) is 0 Å². The molecular formula is H7AlBO9P. The predicted octanol–water partition coefficient (Wildman–Crippen LogP) is -4.04. The van der Waals surface area contributed by atoms with Crippen LogP contribution in [0.15, 0.2) is 0 Å². The Morgan fingerprint density at radius 3 is 1.08 bits per heavy atom. The summed E-state index contributed by atoms with van der Waals surface area (Å²) in [5.74, 6) is 0. The average Bonchev–Trinajstić information content (AvgIpc) is 1.56. The second-order valence-electron chi connectivity index (χ2n) is 0.965. The summed E-state index contributed by atoms with van der Waals surface area (Å²) in [4.78, 5) is 21.6. The van der Waals surface area contributed by atoms with Gasteiger partial charge in [0, 0.05) is 0 Å². The zero-order valence-electron chi connectivity index (χ0n) is 5.55. The van der Waals surface area contributed by atoms with E-state index >= 15 is 0 Å². The summed E-state index contributed by atoms with van der Waals surface area (Å²) in [6, 6.07) is 0. The fourth-order valence-electron chi connectivity index (χ4n) is 0. The first-order valence-corrected chi connectivity index (χ1v) is 4.60. The van der Waals surface area contributed by atoms with Crippen LogP contribution in [0.4, 0.5) is 0 Å². The van der Waals surface area contributed by atoms with Crippen LogP contribution in [-0.2, 0) is 8.37 Å². The third kappa shape index (κ3) is 24500. The van der Waals surface area contributed by atoms with Gasteiger partial charge in [-0.1, -0.05) is 0 Å². The topological polar surface area (TPSA) is 176 Å². The molecular weight excluding hydrogens is 213 g/mol. The van der Waals surface area contributed by atoms with E-state index in [2.05, 4.69) is 0 Å². The van der Waals surface area contributed by atoms with Crippen LogP contribution in [-0.4, -0.2) is 56.7 Å². The Labute approximate surface area is 73.6 Å². The fraction of sp³-hybridized carbons (Fsp3) is 0. The van der Waals surface area contributed by atoms with Crippen molar-refractivity contribution in [1.29, 1.82) is 0 Å². The second-order valence-corrected chi connectivity index (χ2v) is 2.20. The van der Waals surface area contributed by atoms with Crippen molar-refractivity contribution in [1.82, 2.24) is 0 Å². The van der Waals surface area contributed by atoms with Crippen LogP contribution >= 0.6 is 7.82 Å². The van der Waals surface area contributed by atoms with Crippen molar-refractivity contribution in [2.45, 2.75) is 0 Å². The van der Waals surface area contributed by atoms with Crippen molar-refractivity contribution in [2.75, 3.05) is 0 Å². The van der Waals surface area contributed by atoms with E-state index in [1.165, 1.54) is 0 Å². The molecule has 0 unspecified atom stereocenters. The first-order chi connectivity index (χ1) is 5.15. The number of rotatable bonds is 0. The Kier molecular flexibility index (Phi) is 16.8. The first-order valence-electron chi connectivity index (χ1n) is 2.05. The number of hydrogen-bond donors (Lipinski definition) is 7. The first kappa shape index (κ1) is 18.1. The molecule has 0 saturated heterocycles. The van der Waals surface area contributed by atoms with Gasteiger partial charge in [-0.05, 0) is 0 Å². The van der Waals surface area contributed by atoms with Crippen molar-refractivity contribution in [3.8, 4) is 0 Å². The molecule has 7 N–H and O–H groups in total. The molecule has 0 heterocycles. The number of hydrogen-bond acceptors (Lipinski definition) is 5. The van der Waals surface area contributed by atoms with E-state index in [4.69, 9.17) is 42.3 Å². The normalized spacial score (nSPS) is 7.83. The zero-order valence-corrected chi connectivity index (χ0v) is 7.60. The van der Waals surface area contributed by atoms with Gasteiger partial charge < -0.3 is 29.8 Å². The maximum absolute atomic E-state index is 8.88. The molecule has 0 amide bonds. The molecule has 0 aromatic rings. The van der Waals surface area contributed by atoms with Crippen LogP contribution in [0.25, 0.3) is 0 Å². The van der Waals surface area contributed by atoms with Gasteiger partial charge in [-0.25, -0.2) is 4.57 Å². The second kappa shape index (κ2) is 11.2. The molecule has 0 saturated carbocycles. The molecule has 0 rings (SSSR count). The Balaban J connectivity index is -0.000000105. The Bertz CT molecular complexity index is 115. The van der Waals surface area contributed by atoms with Crippen LogP contribution in [0, 0.1) is 0 Å². The van der Waals surface area contributed by atoms with E-state index in [1.807, 2.05) is 0 Å². The zero-order chi connectivity index (χ0) is 10.8. The summed E-state index contributed by atoms with van der Waals surface area (Å²) < 4.78 is 24.5. The summed E-state index contributed by atoms with van der Waals surface area (Å²) in [6.07, 6.45) is 0. The van der Waals surface area contributed by atoms with Crippen molar-refractivity contribution in [3.63, 3.8) is 0 Å². The van der Waals surface area contributed by atoms with Crippen LogP contribution in [0.5, 0.6) is 0 Å². The fourth-order valence-corrected chi connectivity index (χ4v) is 0. The standard InChI is InChI=1S/Al.BH3O3.H3O4P.H2O.O/c;2-1(3)4;1-5(2,3)4;;/h;2-4H;(H3,1,2,3,4);1H2;/q+1;;;;/p-1. The maximum atomic E-state index is 8.88. The summed E-state index contributed by atoms with van der Waals surface area (Å²) in [5.41, 5.74) is 0. The van der Waals surface area contributed by atoms with E-state index in [-0.39, 0.29) is 0 Å². The molecule has 0 radical (unpaired) electrons. The monoisotopic (exact) mass is 220 g/mol. The molecule has 0 spiro atoms. The van der Waals surface area contributed by atoms with Gasteiger partial charge in [-0.3, -0.25) is 0 Å². The van der Waals surface area contributed by atoms with Crippen molar-refractivity contribution in [2.24, 2.45) is 0 Å². The third-order valence-electron chi connectivity index (χ3n) is 0. The molecule has 9 nitrogen and oxygen atoms in total. The Morgan fingerprint density at radius 1 is 1.08 bits per heavy atom. The molecule has 0 aliphatic rings. The molecule has 0 fully saturated rings. The van der Waals surface area contributed by atoms with Crippen LogP contribution in [0.1, 0.15) is 0 Å². The minimum absolute atomic E-state index is 1.50. The van der Waals surface area contributed by atoms with Crippen LogP contribution < -0.4 is 0 Å². The number of phosphoric acid groups is 1. The van der Waals surface area contributed by atoms with Gasteiger partial charge >= 0.3 is 38.6 Å². The van der Waals surface area contributed by atoms with E-state index in [0.717, 1.165) is 0 Å². The molecule has 0 aromatic heterocycles. The predicted molar refractivity (Wildman–Crippen MR) is 35.3 cm³/mol. The minimum atomic E-state index is -4.64. The summed E-state index contributed by atoms with van der Waals surface area (Å²) >= 11 is -1.50. The molecule has 12 heavy (non-hydrogen) atoms. The quantitative estimate of drug-likeness (QED) is 0.158. The average molecular weight is 220 g/mol. The van der Waals surface area contributed by atoms with E-state index < -0.39 is 30.6 Å². The Morgan fingerprint density at radius 2 is 1.08 bits per heavy atom. The Hall–Kier alpha value is 0.187.